The molecule has 0 unspecified atom stereocenters. The molecule has 1 fully saturated rings. The van der Waals surface area contributed by atoms with Gasteiger partial charge in [-0.2, -0.15) is 9.78 Å². The largest absolute Gasteiger partial charge is 0.365 e. The van der Waals surface area contributed by atoms with Gasteiger partial charge in [-0.15, -0.1) is 11.3 Å². The maximum atomic E-state index is 13.4. The summed E-state index contributed by atoms with van der Waals surface area (Å²) in [4.78, 5) is 35.3. The molecular weight excluding hydrogens is 470 g/mol. The predicted octanol–water partition coefficient (Wildman–Crippen LogP) is 4.28. The third-order valence-corrected chi connectivity index (χ3v) is 7.10. The number of amides is 1. The maximum Gasteiger partial charge on any atom is 0.292 e. The number of thiazole rings is 1. The van der Waals surface area contributed by atoms with Crippen LogP contribution in [0.2, 0.25) is 5.02 Å². The molecule has 2 aromatic heterocycles. The molecule has 0 radical (unpaired) electrons. The minimum atomic E-state index is -0.364. The van der Waals surface area contributed by atoms with Crippen molar-refractivity contribution >= 4 is 34.5 Å². The highest BCUT2D eigenvalue weighted by Gasteiger charge is 2.28. The fourth-order valence-electron chi connectivity index (χ4n) is 4.06. The molecule has 2 aromatic carbocycles. The number of aromatic nitrogens is 3. The number of nitrogens with zero attached hydrogens (tertiary/aromatic N) is 5. The first-order valence-electron chi connectivity index (χ1n) is 10.9. The summed E-state index contributed by atoms with van der Waals surface area (Å²) in [7, 11) is 0. The SMILES string of the molecule is Cc1nc(-c2ccccc2)c(C(=O)N2CCN(c3cnn(-c4ccccc4)c(=O)c3Cl)CC2)s1. The van der Waals surface area contributed by atoms with Gasteiger partial charge in [-0.1, -0.05) is 60.1 Å². The molecule has 1 aliphatic heterocycles. The lowest BCUT2D eigenvalue weighted by atomic mass is 10.1. The van der Waals surface area contributed by atoms with Crippen molar-refractivity contribution in [3.63, 3.8) is 0 Å². The van der Waals surface area contributed by atoms with Crippen LogP contribution in [0, 0.1) is 6.92 Å². The van der Waals surface area contributed by atoms with Crippen molar-refractivity contribution in [2.45, 2.75) is 6.92 Å². The van der Waals surface area contributed by atoms with Crippen LogP contribution in [0.25, 0.3) is 16.9 Å². The van der Waals surface area contributed by atoms with E-state index < -0.39 is 0 Å². The number of rotatable bonds is 4. The van der Waals surface area contributed by atoms with Crippen molar-refractivity contribution in [2.24, 2.45) is 0 Å². The number of piperazine rings is 1. The lowest BCUT2D eigenvalue weighted by Crippen LogP contribution is -2.49. The predicted molar refractivity (Wildman–Crippen MR) is 135 cm³/mol. The summed E-state index contributed by atoms with van der Waals surface area (Å²) in [5.41, 5.74) is 2.55. The van der Waals surface area contributed by atoms with Gasteiger partial charge in [-0.05, 0) is 19.1 Å². The average molecular weight is 492 g/mol. The average Bonchev–Trinajstić information content (AvgIpc) is 3.28. The Hall–Kier alpha value is -3.49. The molecule has 9 heteroatoms. The van der Waals surface area contributed by atoms with E-state index in [0.29, 0.717) is 42.4 Å². The molecule has 34 heavy (non-hydrogen) atoms. The topological polar surface area (TPSA) is 71.3 Å². The van der Waals surface area contributed by atoms with Crippen LogP contribution >= 0.6 is 22.9 Å². The summed E-state index contributed by atoms with van der Waals surface area (Å²) in [5.74, 6) is -0.0205. The Labute approximate surface area is 205 Å². The molecule has 172 valence electrons. The summed E-state index contributed by atoms with van der Waals surface area (Å²) < 4.78 is 1.29. The van der Waals surface area contributed by atoms with Gasteiger partial charge in [0.05, 0.1) is 28.3 Å². The molecule has 1 aliphatic rings. The van der Waals surface area contributed by atoms with E-state index in [2.05, 4.69) is 10.1 Å². The van der Waals surface area contributed by atoms with Crippen LogP contribution in [-0.2, 0) is 0 Å². The molecule has 7 nitrogen and oxygen atoms in total. The standard InChI is InChI=1S/C25H22ClN5O2S/c1-17-28-22(18-8-4-2-5-9-18)23(34-17)25(33)30-14-12-29(13-15-30)20-16-27-31(24(32)21(20)26)19-10-6-3-7-11-19/h2-11,16H,12-15H2,1H3. The Balaban J connectivity index is 1.33. The number of aryl methyl sites for hydroxylation is 1. The molecule has 0 spiro atoms. The van der Waals surface area contributed by atoms with E-state index in [1.54, 1.807) is 18.3 Å². The number of benzene rings is 2. The molecule has 1 amide bonds. The molecule has 0 saturated carbocycles. The van der Waals surface area contributed by atoms with Crippen LogP contribution in [0.4, 0.5) is 5.69 Å². The number of carbonyl (C=O) groups is 1. The van der Waals surface area contributed by atoms with Crippen molar-refractivity contribution in [3.05, 3.63) is 92.1 Å². The monoisotopic (exact) mass is 491 g/mol. The van der Waals surface area contributed by atoms with Crippen LogP contribution in [0.15, 0.2) is 71.7 Å². The zero-order valence-electron chi connectivity index (χ0n) is 18.5. The minimum Gasteiger partial charge on any atom is -0.365 e. The number of hydrogen-bond donors (Lipinski definition) is 0. The van der Waals surface area contributed by atoms with Crippen LogP contribution in [0.3, 0.4) is 0 Å². The van der Waals surface area contributed by atoms with E-state index in [-0.39, 0.29) is 16.5 Å². The van der Waals surface area contributed by atoms with Crippen molar-refractivity contribution in [3.8, 4) is 16.9 Å². The summed E-state index contributed by atoms with van der Waals surface area (Å²) in [6.07, 6.45) is 1.62. The minimum absolute atomic E-state index is 0.0205. The van der Waals surface area contributed by atoms with Gasteiger partial charge >= 0.3 is 0 Å². The summed E-state index contributed by atoms with van der Waals surface area (Å²) in [5, 5.41) is 5.31. The van der Waals surface area contributed by atoms with Crippen molar-refractivity contribution in [2.75, 3.05) is 31.1 Å². The van der Waals surface area contributed by atoms with E-state index >= 15 is 0 Å². The van der Waals surface area contributed by atoms with E-state index in [9.17, 15) is 9.59 Å². The molecule has 3 heterocycles. The van der Waals surface area contributed by atoms with E-state index in [1.165, 1.54) is 16.0 Å². The zero-order chi connectivity index (χ0) is 23.7. The quantitative estimate of drug-likeness (QED) is 0.426. The first kappa shape index (κ1) is 22.3. The van der Waals surface area contributed by atoms with Crippen LogP contribution in [-0.4, -0.2) is 51.8 Å². The Morgan fingerprint density at radius 3 is 2.29 bits per heavy atom. The second-order valence-electron chi connectivity index (χ2n) is 7.95. The number of hydrogen-bond acceptors (Lipinski definition) is 6. The van der Waals surface area contributed by atoms with Gasteiger partial charge in [0.1, 0.15) is 9.90 Å². The van der Waals surface area contributed by atoms with E-state index in [0.717, 1.165) is 16.3 Å². The number of anilines is 1. The Morgan fingerprint density at radius 2 is 1.62 bits per heavy atom. The Morgan fingerprint density at radius 1 is 0.971 bits per heavy atom. The normalized spacial score (nSPS) is 13.8. The molecule has 0 N–H and O–H groups in total. The second-order valence-corrected chi connectivity index (χ2v) is 9.53. The molecule has 0 aliphatic carbocycles. The van der Waals surface area contributed by atoms with Gasteiger partial charge in [-0.3, -0.25) is 9.59 Å². The van der Waals surface area contributed by atoms with Gasteiger partial charge in [0.25, 0.3) is 11.5 Å². The summed E-state index contributed by atoms with van der Waals surface area (Å²) in [6, 6.07) is 18.9. The first-order valence-corrected chi connectivity index (χ1v) is 12.1. The lowest BCUT2D eigenvalue weighted by molar-refractivity contribution is 0.0752. The lowest BCUT2D eigenvalue weighted by Gasteiger charge is -2.36. The Bertz CT molecular complexity index is 1380. The van der Waals surface area contributed by atoms with Gasteiger partial charge in [0.2, 0.25) is 0 Å². The molecule has 4 aromatic rings. The van der Waals surface area contributed by atoms with Gasteiger partial charge in [0.15, 0.2) is 0 Å². The van der Waals surface area contributed by atoms with Gasteiger partial charge in [0, 0.05) is 31.7 Å². The third kappa shape index (κ3) is 4.22. The maximum absolute atomic E-state index is 13.4. The first-order chi connectivity index (χ1) is 16.5. The fraction of sp³-hybridized carbons (Fsp3) is 0.200. The van der Waals surface area contributed by atoms with Crippen LogP contribution < -0.4 is 10.5 Å². The van der Waals surface area contributed by atoms with Gasteiger partial charge < -0.3 is 9.80 Å². The van der Waals surface area contributed by atoms with Crippen molar-refractivity contribution < 1.29 is 4.79 Å². The number of para-hydroxylation sites is 1. The second kappa shape index (κ2) is 9.40. The highest BCUT2D eigenvalue weighted by Crippen LogP contribution is 2.30. The Kier molecular flexibility index (Phi) is 6.17. The van der Waals surface area contributed by atoms with E-state index in [4.69, 9.17) is 11.6 Å². The summed E-state index contributed by atoms with van der Waals surface area (Å²) >= 11 is 7.89. The fourth-order valence-corrected chi connectivity index (χ4v) is 5.21. The van der Waals surface area contributed by atoms with Crippen LogP contribution in [0.1, 0.15) is 14.7 Å². The van der Waals surface area contributed by atoms with Crippen LogP contribution in [0.5, 0.6) is 0 Å². The molecule has 5 rings (SSSR count). The summed E-state index contributed by atoms with van der Waals surface area (Å²) in [6.45, 7) is 4.06. The third-order valence-electron chi connectivity index (χ3n) is 5.78. The number of carbonyl (C=O) groups excluding carboxylic acids is 1. The molecular formula is C25H22ClN5O2S. The van der Waals surface area contributed by atoms with E-state index in [1.807, 2.05) is 65.3 Å². The van der Waals surface area contributed by atoms with Crippen molar-refractivity contribution in [1.82, 2.24) is 19.7 Å². The highest BCUT2D eigenvalue weighted by atomic mass is 35.5. The zero-order valence-corrected chi connectivity index (χ0v) is 20.1. The highest BCUT2D eigenvalue weighted by molar-refractivity contribution is 7.14. The molecule has 1 saturated heterocycles. The van der Waals surface area contributed by atoms with Crippen molar-refractivity contribution in [1.29, 1.82) is 0 Å². The number of halogens is 1. The molecule has 0 bridgehead atoms. The smallest absolute Gasteiger partial charge is 0.292 e. The van der Waals surface area contributed by atoms with Gasteiger partial charge in [-0.25, -0.2) is 4.98 Å². The molecule has 0 atom stereocenters.